The summed E-state index contributed by atoms with van der Waals surface area (Å²) in [5, 5.41) is 3.30. The minimum Gasteiger partial charge on any atom is -0.466 e. The molecule has 0 aromatic carbocycles. The highest BCUT2D eigenvalue weighted by Crippen LogP contribution is 2.14. The molecule has 0 radical (unpaired) electrons. The Morgan fingerprint density at radius 2 is 2.43 bits per heavy atom. The van der Waals surface area contributed by atoms with Crippen molar-refractivity contribution in [3.63, 3.8) is 0 Å². The number of hydrogen-bond donors (Lipinski definition) is 1. The maximum atomic E-state index is 11.3. The molecule has 0 saturated carbocycles. The Morgan fingerprint density at radius 1 is 1.57 bits per heavy atom. The number of unbranched alkanes of at least 4 members (excludes halogenated alkanes) is 1. The minimum absolute atomic E-state index is 0.0212. The smallest absolute Gasteiger partial charge is 0.306 e. The highest BCUT2D eigenvalue weighted by atomic mass is 16.5. The lowest BCUT2D eigenvalue weighted by molar-refractivity contribution is -0.145. The molecule has 1 aliphatic heterocycles. The summed E-state index contributed by atoms with van der Waals surface area (Å²) in [6.07, 6.45) is 5.01. The molecule has 0 aromatic rings. The van der Waals surface area contributed by atoms with Crippen molar-refractivity contribution in [2.45, 2.75) is 39.0 Å². The Hall–Kier alpha value is -0.570. The van der Waals surface area contributed by atoms with E-state index in [1.807, 2.05) is 0 Å². The van der Waals surface area contributed by atoms with Crippen LogP contribution in [0.4, 0.5) is 0 Å². The first-order chi connectivity index (χ1) is 6.83. The van der Waals surface area contributed by atoms with Crippen LogP contribution in [0, 0.1) is 5.92 Å². The molecule has 3 nitrogen and oxygen atoms in total. The van der Waals surface area contributed by atoms with Gasteiger partial charge in [0.2, 0.25) is 0 Å². The molecule has 1 fully saturated rings. The normalized spacial score (nSPS) is 21.9. The fourth-order valence-electron chi connectivity index (χ4n) is 1.72. The van der Waals surface area contributed by atoms with Crippen molar-refractivity contribution in [2.75, 3.05) is 19.7 Å². The van der Waals surface area contributed by atoms with E-state index in [9.17, 15) is 4.79 Å². The SMILES string of the molecule is CCCCOC(=O)CC1CCCNC1. The topological polar surface area (TPSA) is 38.3 Å². The Morgan fingerprint density at radius 3 is 3.07 bits per heavy atom. The average molecular weight is 199 g/mol. The summed E-state index contributed by atoms with van der Waals surface area (Å²) in [7, 11) is 0. The van der Waals surface area contributed by atoms with Gasteiger partial charge in [0.05, 0.1) is 6.61 Å². The van der Waals surface area contributed by atoms with Crippen molar-refractivity contribution in [3.8, 4) is 0 Å². The highest BCUT2D eigenvalue weighted by molar-refractivity contribution is 5.69. The van der Waals surface area contributed by atoms with Gasteiger partial charge in [-0.3, -0.25) is 4.79 Å². The first-order valence-corrected chi connectivity index (χ1v) is 5.69. The van der Waals surface area contributed by atoms with E-state index in [-0.39, 0.29) is 5.97 Å². The zero-order chi connectivity index (χ0) is 10.2. The Balaban J connectivity index is 2.06. The van der Waals surface area contributed by atoms with E-state index in [4.69, 9.17) is 4.74 Å². The van der Waals surface area contributed by atoms with Crippen LogP contribution in [0.1, 0.15) is 39.0 Å². The molecule has 0 bridgehead atoms. The van der Waals surface area contributed by atoms with Gasteiger partial charge in [0.1, 0.15) is 0 Å². The van der Waals surface area contributed by atoms with Crippen molar-refractivity contribution in [2.24, 2.45) is 5.92 Å². The second-order valence-electron chi connectivity index (χ2n) is 3.99. The lowest BCUT2D eigenvalue weighted by Crippen LogP contribution is -2.31. The van der Waals surface area contributed by atoms with E-state index in [1.54, 1.807) is 0 Å². The van der Waals surface area contributed by atoms with Crippen molar-refractivity contribution in [1.82, 2.24) is 5.32 Å². The van der Waals surface area contributed by atoms with E-state index in [2.05, 4.69) is 12.2 Å². The van der Waals surface area contributed by atoms with Gasteiger partial charge < -0.3 is 10.1 Å². The van der Waals surface area contributed by atoms with Crippen LogP contribution in [0.2, 0.25) is 0 Å². The van der Waals surface area contributed by atoms with Crippen LogP contribution in [0.3, 0.4) is 0 Å². The molecule has 1 unspecified atom stereocenters. The van der Waals surface area contributed by atoms with Gasteiger partial charge in [-0.1, -0.05) is 13.3 Å². The summed E-state index contributed by atoms with van der Waals surface area (Å²) in [5.74, 6) is 0.477. The molecule has 1 aliphatic rings. The molecule has 82 valence electrons. The van der Waals surface area contributed by atoms with Gasteiger partial charge in [-0.2, -0.15) is 0 Å². The van der Waals surface area contributed by atoms with Crippen molar-refractivity contribution < 1.29 is 9.53 Å². The zero-order valence-corrected chi connectivity index (χ0v) is 9.05. The quantitative estimate of drug-likeness (QED) is 0.541. The predicted octanol–water partition coefficient (Wildman–Crippen LogP) is 1.72. The van der Waals surface area contributed by atoms with Gasteiger partial charge in [-0.15, -0.1) is 0 Å². The first kappa shape index (κ1) is 11.5. The molecule has 1 heterocycles. The molecule has 1 N–H and O–H groups in total. The molecule has 1 rings (SSSR count). The first-order valence-electron chi connectivity index (χ1n) is 5.69. The van der Waals surface area contributed by atoms with Gasteiger partial charge in [-0.25, -0.2) is 0 Å². The molecule has 1 atom stereocenters. The van der Waals surface area contributed by atoms with Crippen LogP contribution in [0.25, 0.3) is 0 Å². The van der Waals surface area contributed by atoms with E-state index < -0.39 is 0 Å². The van der Waals surface area contributed by atoms with Gasteiger partial charge in [0, 0.05) is 6.42 Å². The largest absolute Gasteiger partial charge is 0.466 e. The van der Waals surface area contributed by atoms with E-state index in [0.29, 0.717) is 18.9 Å². The average Bonchev–Trinajstić information content (AvgIpc) is 2.20. The molecule has 0 spiro atoms. The predicted molar refractivity (Wildman–Crippen MR) is 56.1 cm³/mol. The molecule has 14 heavy (non-hydrogen) atoms. The summed E-state index contributed by atoms with van der Waals surface area (Å²) in [5.41, 5.74) is 0. The Kier molecular flexibility index (Phi) is 5.60. The molecular formula is C11H21NO2. The second kappa shape index (κ2) is 6.82. The third kappa shape index (κ3) is 4.61. The maximum Gasteiger partial charge on any atom is 0.306 e. The third-order valence-corrected chi connectivity index (χ3v) is 2.62. The Bertz CT molecular complexity index is 165. The van der Waals surface area contributed by atoms with Gasteiger partial charge in [0.15, 0.2) is 0 Å². The van der Waals surface area contributed by atoms with Crippen molar-refractivity contribution >= 4 is 5.97 Å². The van der Waals surface area contributed by atoms with E-state index in [1.165, 1.54) is 6.42 Å². The second-order valence-corrected chi connectivity index (χ2v) is 3.99. The lowest BCUT2D eigenvalue weighted by atomic mass is 9.96. The van der Waals surface area contributed by atoms with Gasteiger partial charge in [-0.05, 0) is 38.3 Å². The summed E-state index contributed by atoms with van der Waals surface area (Å²) < 4.78 is 5.12. The number of hydrogen-bond acceptors (Lipinski definition) is 3. The number of ether oxygens (including phenoxy) is 1. The number of rotatable bonds is 5. The number of nitrogens with one attached hydrogen (secondary N) is 1. The molecule has 3 heteroatoms. The molecule has 0 amide bonds. The van der Waals surface area contributed by atoms with Crippen LogP contribution in [-0.2, 0) is 9.53 Å². The summed E-state index contributed by atoms with van der Waals surface area (Å²) >= 11 is 0. The summed E-state index contributed by atoms with van der Waals surface area (Å²) in [6, 6.07) is 0. The van der Waals surface area contributed by atoms with Crippen molar-refractivity contribution in [1.29, 1.82) is 0 Å². The zero-order valence-electron chi connectivity index (χ0n) is 9.05. The standard InChI is InChI=1S/C11H21NO2/c1-2-3-7-14-11(13)8-10-5-4-6-12-9-10/h10,12H,2-9H2,1H3. The number of carbonyl (C=O) groups excluding carboxylic acids is 1. The summed E-state index contributed by atoms with van der Waals surface area (Å²) in [4.78, 5) is 11.3. The maximum absolute atomic E-state index is 11.3. The van der Waals surface area contributed by atoms with Crippen LogP contribution in [0.15, 0.2) is 0 Å². The van der Waals surface area contributed by atoms with Crippen molar-refractivity contribution in [3.05, 3.63) is 0 Å². The van der Waals surface area contributed by atoms with Crippen LogP contribution in [-0.4, -0.2) is 25.7 Å². The number of piperidine rings is 1. The van der Waals surface area contributed by atoms with E-state index in [0.717, 1.165) is 32.4 Å². The van der Waals surface area contributed by atoms with E-state index >= 15 is 0 Å². The van der Waals surface area contributed by atoms with Gasteiger partial charge in [0.25, 0.3) is 0 Å². The van der Waals surface area contributed by atoms with Crippen LogP contribution in [0.5, 0.6) is 0 Å². The summed E-state index contributed by atoms with van der Waals surface area (Å²) in [6.45, 7) is 4.76. The van der Waals surface area contributed by atoms with Gasteiger partial charge >= 0.3 is 5.97 Å². The molecular weight excluding hydrogens is 178 g/mol. The van der Waals surface area contributed by atoms with Crippen LogP contribution >= 0.6 is 0 Å². The number of esters is 1. The number of carbonyl (C=O) groups is 1. The van der Waals surface area contributed by atoms with Crippen LogP contribution < -0.4 is 5.32 Å². The lowest BCUT2D eigenvalue weighted by Gasteiger charge is -2.21. The molecule has 0 aromatic heterocycles. The molecule has 1 saturated heterocycles. The molecule has 0 aliphatic carbocycles. The fraction of sp³-hybridized carbons (Fsp3) is 0.909. The fourth-order valence-corrected chi connectivity index (χ4v) is 1.72. The third-order valence-electron chi connectivity index (χ3n) is 2.62. The Labute approximate surface area is 86.2 Å². The minimum atomic E-state index is -0.0212. The monoisotopic (exact) mass is 199 g/mol. The highest BCUT2D eigenvalue weighted by Gasteiger charge is 2.17.